The van der Waals surface area contributed by atoms with Crippen molar-refractivity contribution >= 4 is 33.0 Å². The molecule has 1 unspecified atom stereocenters. The van der Waals surface area contributed by atoms with Crippen molar-refractivity contribution in [3.63, 3.8) is 0 Å². The summed E-state index contributed by atoms with van der Waals surface area (Å²) >= 11 is 1.63. The molecule has 0 saturated carbocycles. The van der Waals surface area contributed by atoms with Gasteiger partial charge in [0, 0.05) is 15.9 Å². The Hall–Kier alpha value is -2.42. The summed E-state index contributed by atoms with van der Waals surface area (Å²) in [6.45, 7) is 2.29. The molecule has 4 rings (SSSR count). The lowest BCUT2D eigenvalue weighted by atomic mass is 9.88. The van der Waals surface area contributed by atoms with E-state index in [0.717, 1.165) is 24.8 Å². The number of amides is 1. The predicted molar refractivity (Wildman–Crippen MR) is 113 cm³/mol. The number of nitrogens with one attached hydrogen (secondary N) is 2. The van der Waals surface area contributed by atoms with Crippen molar-refractivity contribution in [2.45, 2.75) is 37.6 Å². The Morgan fingerprint density at radius 3 is 2.93 bits per heavy atom. The molecule has 0 aliphatic heterocycles. The Labute approximate surface area is 174 Å². The van der Waals surface area contributed by atoms with Gasteiger partial charge in [-0.15, -0.1) is 11.3 Å². The summed E-state index contributed by atoms with van der Waals surface area (Å²) in [4.78, 5) is 14.2. The van der Waals surface area contributed by atoms with Gasteiger partial charge in [0.25, 0.3) is 5.91 Å². The Morgan fingerprint density at radius 2 is 2.14 bits per heavy atom. The van der Waals surface area contributed by atoms with Crippen LogP contribution in [0.15, 0.2) is 57.4 Å². The second kappa shape index (κ2) is 8.14. The maximum atomic E-state index is 12.8. The number of sulfonamides is 1. The molecule has 0 spiro atoms. The normalized spacial score (nSPS) is 16.4. The second-order valence-corrected chi connectivity index (χ2v) is 10.0. The van der Waals surface area contributed by atoms with Crippen LogP contribution in [-0.4, -0.2) is 14.3 Å². The molecular formula is C21H22N2O4S2. The van der Waals surface area contributed by atoms with Gasteiger partial charge in [-0.05, 0) is 61.1 Å². The summed E-state index contributed by atoms with van der Waals surface area (Å²) in [6, 6.07) is 9.65. The van der Waals surface area contributed by atoms with Crippen molar-refractivity contribution in [2.75, 3.05) is 5.32 Å². The number of fused-ring (bicyclic) bond motifs is 1. The summed E-state index contributed by atoms with van der Waals surface area (Å²) < 4.78 is 32.8. The number of carbonyl (C=O) groups is 1. The molecule has 152 valence electrons. The van der Waals surface area contributed by atoms with Crippen molar-refractivity contribution < 1.29 is 17.6 Å². The summed E-state index contributed by atoms with van der Waals surface area (Å²) in [5.74, 6) is 0.970. The minimum Gasteiger partial charge on any atom is -0.468 e. The highest BCUT2D eigenvalue weighted by Gasteiger charge is 2.23. The topological polar surface area (TPSA) is 88.4 Å². The maximum absolute atomic E-state index is 12.8. The van der Waals surface area contributed by atoms with Crippen LogP contribution in [0.25, 0.3) is 0 Å². The molecular weight excluding hydrogens is 408 g/mol. The number of benzene rings is 1. The fraction of sp³-hybridized carbons (Fsp3) is 0.286. The van der Waals surface area contributed by atoms with E-state index in [0.29, 0.717) is 22.9 Å². The fourth-order valence-corrected chi connectivity index (χ4v) is 5.75. The van der Waals surface area contributed by atoms with E-state index in [-0.39, 0.29) is 17.3 Å². The number of hydrogen-bond acceptors (Lipinski definition) is 5. The molecule has 0 saturated heterocycles. The summed E-state index contributed by atoms with van der Waals surface area (Å²) in [7, 11) is -3.73. The van der Waals surface area contributed by atoms with Crippen LogP contribution in [-0.2, 0) is 29.4 Å². The fourth-order valence-electron chi connectivity index (χ4n) is 3.47. The smallest absolute Gasteiger partial charge is 0.256 e. The Bertz CT molecular complexity index is 1120. The molecule has 0 fully saturated rings. The Balaban J connectivity index is 1.48. The van der Waals surface area contributed by atoms with Crippen LogP contribution < -0.4 is 10.0 Å². The molecule has 2 aromatic heterocycles. The molecule has 0 bridgehead atoms. The van der Waals surface area contributed by atoms with E-state index in [2.05, 4.69) is 17.0 Å². The number of rotatable bonds is 6. The number of anilines is 1. The first-order valence-corrected chi connectivity index (χ1v) is 11.8. The van der Waals surface area contributed by atoms with Gasteiger partial charge in [-0.3, -0.25) is 4.79 Å². The number of carbonyl (C=O) groups excluding carboxylic acids is 1. The van der Waals surface area contributed by atoms with Crippen LogP contribution in [0, 0.1) is 5.92 Å². The van der Waals surface area contributed by atoms with Crippen LogP contribution in [0.1, 0.15) is 39.9 Å². The van der Waals surface area contributed by atoms with E-state index in [9.17, 15) is 13.2 Å². The van der Waals surface area contributed by atoms with Gasteiger partial charge in [0.05, 0.1) is 23.3 Å². The molecule has 1 atom stereocenters. The second-order valence-electron chi connectivity index (χ2n) is 7.28. The van der Waals surface area contributed by atoms with E-state index < -0.39 is 10.0 Å². The van der Waals surface area contributed by atoms with Gasteiger partial charge in [0.15, 0.2) is 0 Å². The van der Waals surface area contributed by atoms with E-state index in [1.807, 2.05) is 5.38 Å². The van der Waals surface area contributed by atoms with Gasteiger partial charge in [0.2, 0.25) is 10.0 Å². The van der Waals surface area contributed by atoms with Crippen LogP contribution >= 0.6 is 11.3 Å². The monoisotopic (exact) mass is 430 g/mol. The van der Waals surface area contributed by atoms with E-state index >= 15 is 0 Å². The third kappa shape index (κ3) is 4.44. The van der Waals surface area contributed by atoms with Crippen molar-refractivity contribution in [1.82, 2.24) is 4.72 Å². The molecule has 2 N–H and O–H groups in total. The molecule has 1 aromatic carbocycles. The van der Waals surface area contributed by atoms with Crippen molar-refractivity contribution in [2.24, 2.45) is 5.92 Å². The van der Waals surface area contributed by atoms with Crippen molar-refractivity contribution in [3.05, 3.63) is 69.8 Å². The van der Waals surface area contributed by atoms with E-state index in [1.165, 1.54) is 23.3 Å². The molecule has 0 radical (unpaired) electrons. The van der Waals surface area contributed by atoms with Gasteiger partial charge >= 0.3 is 0 Å². The average Bonchev–Trinajstić information content (AvgIpc) is 3.36. The van der Waals surface area contributed by atoms with Gasteiger partial charge < -0.3 is 9.73 Å². The van der Waals surface area contributed by atoms with Crippen LogP contribution in [0.4, 0.5) is 5.69 Å². The molecule has 29 heavy (non-hydrogen) atoms. The number of furan rings is 1. The average molecular weight is 431 g/mol. The molecule has 2 heterocycles. The van der Waals surface area contributed by atoms with Gasteiger partial charge in [-0.2, -0.15) is 0 Å². The summed E-state index contributed by atoms with van der Waals surface area (Å²) in [5, 5.41) is 4.75. The minimum absolute atomic E-state index is 0.0609. The largest absolute Gasteiger partial charge is 0.468 e. The zero-order valence-electron chi connectivity index (χ0n) is 16.0. The highest BCUT2D eigenvalue weighted by Crippen LogP contribution is 2.33. The Morgan fingerprint density at radius 1 is 1.28 bits per heavy atom. The van der Waals surface area contributed by atoms with Crippen LogP contribution in [0.2, 0.25) is 0 Å². The molecule has 1 aliphatic rings. The lowest BCUT2D eigenvalue weighted by Gasteiger charge is -2.18. The van der Waals surface area contributed by atoms with Gasteiger partial charge in [-0.25, -0.2) is 13.1 Å². The first-order chi connectivity index (χ1) is 13.9. The number of hydrogen-bond donors (Lipinski definition) is 2. The maximum Gasteiger partial charge on any atom is 0.256 e. The van der Waals surface area contributed by atoms with E-state index in [1.54, 1.807) is 35.6 Å². The van der Waals surface area contributed by atoms with E-state index in [4.69, 9.17) is 4.42 Å². The predicted octanol–water partition coefficient (Wildman–Crippen LogP) is 4.20. The molecule has 6 nitrogen and oxygen atoms in total. The molecule has 8 heteroatoms. The summed E-state index contributed by atoms with van der Waals surface area (Å²) in [6.07, 6.45) is 4.50. The van der Waals surface area contributed by atoms with Crippen LogP contribution in [0.5, 0.6) is 0 Å². The zero-order valence-corrected chi connectivity index (χ0v) is 17.6. The van der Waals surface area contributed by atoms with Crippen LogP contribution in [0.3, 0.4) is 0 Å². The SMILES string of the molecule is CC1CCc2c(C(=O)Nc3cccc(S(=O)(=O)NCc4ccco4)c3)csc2C1. The summed E-state index contributed by atoms with van der Waals surface area (Å²) in [5.41, 5.74) is 2.27. The highest BCUT2D eigenvalue weighted by molar-refractivity contribution is 7.89. The third-order valence-electron chi connectivity index (χ3n) is 5.07. The third-order valence-corrected chi connectivity index (χ3v) is 7.52. The van der Waals surface area contributed by atoms with Crippen molar-refractivity contribution in [1.29, 1.82) is 0 Å². The standard InChI is InChI=1S/C21H22N2O4S2/c1-14-7-8-18-19(13-28-20(18)10-14)21(24)23-15-4-2-6-17(11-15)29(25,26)22-12-16-5-3-9-27-16/h2-6,9,11,13-14,22H,7-8,10,12H2,1H3,(H,23,24). The first kappa shape index (κ1) is 19.9. The minimum atomic E-state index is -3.73. The Kier molecular flexibility index (Phi) is 5.58. The lowest BCUT2D eigenvalue weighted by molar-refractivity contribution is 0.102. The number of thiophene rings is 1. The lowest BCUT2D eigenvalue weighted by Crippen LogP contribution is -2.23. The molecule has 1 amide bonds. The molecule has 1 aliphatic carbocycles. The molecule has 3 aromatic rings. The first-order valence-electron chi connectivity index (χ1n) is 9.45. The van der Waals surface area contributed by atoms with Crippen molar-refractivity contribution in [3.8, 4) is 0 Å². The quantitative estimate of drug-likeness (QED) is 0.614. The van der Waals surface area contributed by atoms with Gasteiger partial charge in [0.1, 0.15) is 5.76 Å². The highest BCUT2D eigenvalue weighted by atomic mass is 32.2. The van der Waals surface area contributed by atoms with Gasteiger partial charge in [-0.1, -0.05) is 13.0 Å². The zero-order chi connectivity index (χ0) is 20.4.